The van der Waals surface area contributed by atoms with Gasteiger partial charge in [0, 0.05) is 0 Å². The van der Waals surface area contributed by atoms with Gasteiger partial charge in [-0.15, -0.1) is 0 Å². The Hall–Kier alpha value is -2.96. The summed E-state index contributed by atoms with van der Waals surface area (Å²) >= 11 is 0. The molecule has 10 N–H and O–H groups in total. The van der Waals surface area contributed by atoms with E-state index in [0.29, 0.717) is 0 Å². The Morgan fingerprint density at radius 1 is 1.34 bits per heavy atom. The normalized spacial score (nSPS) is 24.4. The van der Waals surface area contributed by atoms with Gasteiger partial charge in [0.1, 0.15) is 24.4 Å². The van der Waals surface area contributed by atoms with Gasteiger partial charge in [0.25, 0.3) is 5.56 Å². The van der Waals surface area contributed by atoms with Crippen LogP contribution in [0.3, 0.4) is 0 Å². The average Bonchev–Trinajstić information content (AvgIpc) is 3.32. The molecule has 1 aliphatic rings. The van der Waals surface area contributed by atoms with Gasteiger partial charge in [-0.3, -0.25) is 28.5 Å². The zero-order chi connectivity index (χ0) is 25.2. The third kappa shape index (κ3) is 6.19. The van der Waals surface area contributed by atoms with E-state index in [9.17, 15) is 34.1 Å². The van der Waals surface area contributed by atoms with E-state index in [4.69, 9.17) is 15.0 Å². The number of hydrogen-bond donors (Lipinski definition) is 7. The number of methoxy groups -OCH3 is 2. The summed E-state index contributed by atoms with van der Waals surface area (Å²) in [4.78, 5) is 55.3. The van der Waals surface area contributed by atoms with Crippen molar-refractivity contribution in [1.82, 2.24) is 30.8 Å². The highest BCUT2D eigenvalue weighted by Crippen LogP contribution is 2.40. The fourth-order valence-corrected chi connectivity index (χ4v) is 4.22. The molecule has 0 amide bonds. The van der Waals surface area contributed by atoms with Crippen LogP contribution in [0.1, 0.15) is 12.6 Å². The summed E-state index contributed by atoms with van der Waals surface area (Å²) < 4.78 is 32.9. The number of esters is 2. The molecule has 0 aliphatic carbocycles. The van der Waals surface area contributed by atoms with E-state index >= 15 is 0 Å². The van der Waals surface area contributed by atoms with Gasteiger partial charge in [-0.1, -0.05) is 0 Å². The summed E-state index contributed by atoms with van der Waals surface area (Å²) in [6, 6.07) is -1.56. The van der Waals surface area contributed by atoms with E-state index in [1.807, 2.05) is 5.09 Å². The van der Waals surface area contributed by atoms with Gasteiger partial charge in [-0.2, -0.15) is 4.98 Å². The molecule has 0 saturated carbocycles. The summed E-state index contributed by atoms with van der Waals surface area (Å²) in [5.74, 6) is -2.10. The Balaban J connectivity index is 0.00000432. The van der Waals surface area contributed by atoms with E-state index in [1.165, 1.54) is 0 Å². The first-order chi connectivity index (χ1) is 16.0. The van der Waals surface area contributed by atoms with Crippen LogP contribution >= 0.6 is 7.75 Å². The van der Waals surface area contributed by atoms with Crippen LogP contribution < -0.4 is 22.5 Å². The number of aliphatic hydroxyl groups is 2. The van der Waals surface area contributed by atoms with Gasteiger partial charge in [-0.05, 0) is 0 Å². The number of nitrogens with zero attached hydrogens (tertiary/aromatic N) is 3. The molecule has 18 nitrogen and oxygen atoms in total. The van der Waals surface area contributed by atoms with Gasteiger partial charge in [0.2, 0.25) is 5.95 Å². The highest BCUT2D eigenvalue weighted by Gasteiger charge is 2.45. The van der Waals surface area contributed by atoms with E-state index in [-0.39, 0.29) is 23.3 Å². The van der Waals surface area contributed by atoms with Crippen LogP contribution in [0, 0.1) is 0 Å². The topological polar surface area (TPSA) is 285 Å². The molecule has 1 fully saturated rings. The number of hydrogen-bond acceptors (Lipinski definition) is 14. The molecule has 0 aromatic carbocycles. The lowest BCUT2D eigenvalue weighted by atomic mass is 10.1. The van der Waals surface area contributed by atoms with Crippen LogP contribution in [0.15, 0.2) is 11.1 Å². The number of nitrogen functional groups attached to an aromatic ring is 1. The first-order valence-corrected chi connectivity index (χ1v) is 11.2. The SMILES string of the molecule is COC(=O)C[C@H](NP(=O)(O)OC[C@H]1O[C@@H](n2cnc3c(=O)[nH]c(N)nc32)[C@H](O)[C@@H]1O)C(=O)OC.N. The minimum absolute atomic E-state index is 0. The van der Waals surface area contributed by atoms with E-state index in [2.05, 4.69) is 24.4 Å². The fraction of sp³-hybridized carbons (Fsp3) is 0.562. The zero-order valence-electron chi connectivity index (χ0n) is 18.6. The lowest BCUT2D eigenvalue weighted by Crippen LogP contribution is -2.39. The van der Waals surface area contributed by atoms with Crippen molar-refractivity contribution in [1.29, 1.82) is 0 Å². The Kier molecular flexibility index (Phi) is 9.04. The van der Waals surface area contributed by atoms with Crippen LogP contribution in [-0.4, -0.2) is 91.7 Å². The molecule has 0 bridgehead atoms. The Morgan fingerprint density at radius 3 is 2.66 bits per heavy atom. The predicted molar refractivity (Wildman–Crippen MR) is 115 cm³/mol. The molecule has 35 heavy (non-hydrogen) atoms. The Morgan fingerprint density at radius 2 is 2.03 bits per heavy atom. The number of aromatic nitrogens is 4. The number of carbonyl (C=O) groups is 2. The first-order valence-electron chi connectivity index (χ1n) is 9.61. The number of nitrogens with one attached hydrogen (secondary N) is 2. The molecule has 1 saturated heterocycles. The van der Waals surface area contributed by atoms with Crippen LogP contribution in [0.2, 0.25) is 0 Å². The van der Waals surface area contributed by atoms with Gasteiger partial charge >= 0.3 is 19.7 Å². The van der Waals surface area contributed by atoms with Crippen LogP contribution in [0.4, 0.5) is 5.95 Å². The fourth-order valence-electron chi connectivity index (χ4n) is 3.21. The van der Waals surface area contributed by atoms with E-state index in [1.54, 1.807) is 0 Å². The molecule has 0 radical (unpaired) electrons. The zero-order valence-corrected chi connectivity index (χ0v) is 19.5. The van der Waals surface area contributed by atoms with E-state index < -0.39 is 68.9 Å². The number of carbonyl (C=O) groups excluding carboxylic acids is 2. The summed E-state index contributed by atoms with van der Waals surface area (Å²) in [5.41, 5.74) is 4.78. The number of imidazole rings is 1. The maximum Gasteiger partial charge on any atom is 0.403 e. The van der Waals surface area contributed by atoms with Crippen molar-refractivity contribution in [3.05, 3.63) is 16.7 Å². The highest BCUT2D eigenvalue weighted by molar-refractivity contribution is 7.50. The van der Waals surface area contributed by atoms with E-state index in [0.717, 1.165) is 25.1 Å². The highest BCUT2D eigenvalue weighted by atomic mass is 31.2. The van der Waals surface area contributed by atoms with Gasteiger partial charge in [0.05, 0.1) is 33.6 Å². The molecule has 3 heterocycles. The Bertz CT molecular complexity index is 1170. The second kappa shape index (κ2) is 11.2. The van der Waals surface area contributed by atoms with Crippen molar-refractivity contribution in [2.45, 2.75) is 37.0 Å². The van der Waals surface area contributed by atoms with Crippen molar-refractivity contribution in [2.75, 3.05) is 26.6 Å². The lowest BCUT2D eigenvalue weighted by molar-refractivity contribution is -0.149. The second-order valence-corrected chi connectivity index (χ2v) is 8.68. The third-order valence-corrected chi connectivity index (χ3v) is 6.02. The van der Waals surface area contributed by atoms with Gasteiger partial charge in [-0.25, -0.2) is 14.6 Å². The number of aliphatic hydroxyl groups excluding tert-OH is 2. The molecule has 196 valence electrons. The minimum Gasteiger partial charge on any atom is -0.469 e. The summed E-state index contributed by atoms with van der Waals surface area (Å²) in [5, 5.41) is 22.7. The molecular formula is C16H26N7O11P. The van der Waals surface area contributed by atoms with Crippen LogP contribution in [-0.2, 0) is 32.9 Å². The second-order valence-electron chi connectivity index (χ2n) is 7.12. The number of H-pyrrole nitrogens is 1. The van der Waals surface area contributed by atoms with Crippen molar-refractivity contribution < 1.29 is 48.0 Å². The minimum atomic E-state index is -4.74. The molecule has 1 unspecified atom stereocenters. The first kappa shape index (κ1) is 28.3. The predicted octanol–water partition coefficient (Wildman–Crippen LogP) is -2.71. The van der Waals surface area contributed by atoms with Crippen molar-refractivity contribution in [2.24, 2.45) is 0 Å². The summed E-state index contributed by atoms with van der Waals surface area (Å²) in [7, 11) is -2.66. The number of ether oxygens (including phenoxy) is 3. The van der Waals surface area contributed by atoms with Crippen molar-refractivity contribution >= 4 is 36.8 Å². The quantitative estimate of drug-likeness (QED) is 0.130. The monoisotopic (exact) mass is 523 g/mol. The molecule has 0 spiro atoms. The standard InChI is InChI=1S/C16H23N6O11P.H3N/c1-30-8(23)3-6(15(27)31-2)21-34(28,29)32-4-7-10(24)11(25)14(33-7)22-5-18-9-12(22)19-16(17)20-13(9)26;/h5-7,10-11,14,24-25H,3-4H2,1-2H3,(H2,21,28,29)(H3,17,19,20,26);1H3/t6-,7+,10+,11+,14+;/m0./s1. The van der Waals surface area contributed by atoms with Gasteiger partial charge in [0.15, 0.2) is 17.4 Å². The number of fused-ring (bicyclic) bond motifs is 1. The van der Waals surface area contributed by atoms with Crippen molar-refractivity contribution in [3.63, 3.8) is 0 Å². The van der Waals surface area contributed by atoms with Crippen molar-refractivity contribution in [3.8, 4) is 0 Å². The lowest BCUT2D eigenvalue weighted by Gasteiger charge is -2.21. The molecule has 2 aromatic heterocycles. The molecule has 2 aromatic rings. The average molecular weight is 523 g/mol. The van der Waals surface area contributed by atoms with Crippen LogP contribution in [0.25, 0.3) is 11.2 Å². The smallest absolute Gasteiger partial charge is 0.403 e. The maximum atomic E-state index is 12.4. The molecular weight excluding hydrogens is 497 g/mol. The summed E-state index contributed by atoms with van der Waals surface area (Å²) in [6.45, 7) is -0.718. The summed E-state index contributed by atoms with van der Waals surface area (Å²) in [6.07, 6.45) is -5.26. The number of rotatable bonds is 9. The molecule has 1 aliphatic heterocycles. The Labute approximate surface area is 196 Å². The maximum absolute atomic E-state index is 12.4. The molecule has 3 rings (SSSR count). The third-order valence-electron chi connectivity index (χ3n) is 4.88. The largest absolute Gasteiger partial charge is 0.469 e. The molecule has 6 atom stereocenters. The number of anilines is 1. The molecule has 19 heteroatoms. The number of nitrogens with two attached hydrogens (primary N) is 1. The van der Waals surface area contributed by atoms with Crippen LogP contribution in [0.5, 0.6) is 0 Å². The number of aromatic amines is 1. The van der Waals surface area contributed by atoms with Gasteiger partial charge < -0.3 is 41.2 Å².